The summed E-state index contributed by atoms with van der Waals surface area (Å²) in [6.45, 7) is 3.15. The fourth-order valence-electron chi connectivity index (χ4n) is 3.36. The molecule has 162 valence electrons. The fourth-order valence-corrected chi connectivity index (χ4v) is 3.36. The topological polar surface area (TPSA) is 105 Å². The molecule has 1 saturated heterocycles. The van der Waals surface area contributed by atoms with Crippen LogP contribution >= 0.6 is 0 Å². The van der Waals surface area contributed by atoms with E-state index in [1.807, 2.05) is 32.0 Å². The number of nitrogens with one attached hydrogen (secondary N) is 2. The third-order valence-corrected chi connectivity index (χ3v) is 5.39. The Balaban J connectivity index is 1.52. The summed E-state index contributed by atoms with van der Waals surface area (Å²) in [5, 5.41) is 5.46. The summed E-state index contributed by atoms with van der Waals surface area (Å²) in [5.74, 6) is -1.34. The molecule has 0 radical (unpaired) electrons. The summed E-state index contributed by atoms with van der Waals surface area (Å²) >= 11 is 0. The molecule has 8 nitrogen and oxygen atoms in total. The molecule has 31 heavy (non-hydrogen) atoms. The summed E-state index contributed by atoms with van der Waals surface area (Å²) in [6, 6.07) is 15.2. The normalized spacial score (nSPS) is 14.8. The highest BCUT2D eigenvalue weighted by Crippen LogP contribution is 2.24. The van der Waals surface area contributed by atoms with Crippen molar-refractivity contribution in [2.45, 2.75) is 38.8 Å². The summed E-state index contributed by atoms with van der Waals surface area (Å²) < 4.78 is 5.20. The second-order valence-electron chi connectivity index (χ2n) is 7.29. The molecule has 2 aromatic rings. The van der Waals surface area contributed by atoms with E-state index in [4.69, 9.17) is 4.74 Å². The van der Waals surface area contributed by atoms with Gasteiger partial charge < -0.3 is 15.4 Å². The molecule has 0 saturated carbocycles. The lowest BCUT2D eigenvalue weighted by Gasteiger charge is -2.22. The van der Waals surface area contributed by atoms with Crippen LogP contribution in [0.3, 0.4) is 0 Å². The van der Waals surface area contributed by atoms with Crippen LogP contribution in [0.1, 0.15) is 42.6 Å². The van der Waals surface area contributed by atoms with Gasteiger partial charge in [-0.05, 0) is 42.7 Å². The number of urea groups is 1. The van der Waals surface area contributed by atoms with E-state index in [-0.39, 0.29) is 12.5 Å². The van der Waals surface area contributed by atoms with Gasteiger partial charge in [-0.2, -0.15) is 0 Å². The minimum Gasteiger partial charge on any atom is -0.459 e. The SMILES string of the molecule is CCC1(CC)NC(=O)N(CC(=O)OCc2ccc(C(=O)Nc3ccccc3)cc2)C1=O. The number of imide groups is 1. The number of hydrogen-bond acceptors (Lipinski definition) is 5. The first-order valence-electron chi connectivity index (χ1n) is 10.1. The number of esters is 1. The van der Waals surface area contributed by atoms with Gasteiger partial charge in [-0.3, -0.25) is 19.3 Å². The number of rotatable bonds is 8. The lowest BCUT2D eigenvalue weighted by atomic mass is 9.93. The smallest absolute Gasteiger partial charge is 0.326 e. The zero-order valence-electron chi connectivity index (χ0n) is 17.5. The molecule has 0 atom stereocenters. The Morgan fingerprint density at radius 3 is 2.23 bits per heavy atom. The van der Waals surface area contributed by atoms with Gasteiger partial charge in [0.05, 0.1) is 0 Å². The number of hydrogen-bond donors (Lipinski definition) is 2. The van der Waals surface area contributed by atoms with Gasteiger partial charge in [0.2, 0.25) is 0 Å². The van der Waals surface area contributed by atoms with Crippen molar-refractivity contribution >= 4 is 29.5 Å². The van der Waals surface area contributed by atoms with Gasteiger partial charge in [0, 0.05) is 11.3 Å². The number of ether oxygens (including phenoxy) is 1. The first-order valence-corrected chi connectivity index (χ1v) is 10.1. The van der Waals surface area contributed by atoms with Crippen LogP contribution in [0.2, 0.25) is 0 Å². The Bertz CT molecular complexity index is 968. The summed E-state index contributed by atoms with van der Waals surface area (Å²) in [6.07, 6.45) is 0.896. The minimum absolute atomic E-state index is 0.0320. The third kappa shape index (κ3) is 4.91. The van der Waals surface area contributed by atoms with Crippen molar-refractivity contribution in [3.63, 3.8) is 0 Å². The summed E-state index contributed by atoms with van der Waals surface area (Å²) in [7, 11) is 0. The largest absolute Gasteiger partial charge is 0.459 e. The van der Waals surface area contributed by atoms with Gasteiger partial charge in [-0.15, -0.1) is 0 Å². The van der Waals surface area contributed by atoms with Crippen molar-refractivity contribution in [2.75, 3.05) is 11.9 Å². The lowest BCUT2D eigenvalue weighted by molar-refractivity contribution is -0.148. The molecule has 2 aromatic carbocycles. The van der Waals surface area contributed by atoms with E-state index in [9.17, 15) is 19.2 Å². The average molecular weight is 423 g/mol. The Labute approximate surface area is 180 Å². The van der Waals surface area contributed by atoms with Crippen molar-refractivity contribution in [1.82, 2.24) is 10.2 Å². The van der Waals surface area contributed by atoms with Crippen LogP contribution in [0.5, 0.6) is 0 Å². The van der Waals surface area contributed by atoms with Crippen LogP contribution in [0.15, 0.2) is 54.6 Å². The van der Waals surface area contributed by atoms with E-state index in [1.165, 1.54) is 0 Å². The van der Waals surface area contributed by atoms with Gasteiger partial charge in [0.15, 0.2) is 0 Å². The number of amides is 4. The number of carbonyl (C=O) groups excluding carboxylic acids is 4. The molecule has 4 amide bonds. The first kappa shape index (κ1) is 22.0. The summed E-state index contributed by atoms with van der Waals surface area (Å²) in [5.41, 5.74) is 0.890. The van der Waals surface area contributed by atoms with Gasteiger partial charge in [0.25, 0.3) is 11.8 Å². The molecule has 2 N–H and O–H groups in total. The van der Waals surface area contributed by atoms with E-state index < -0.39 is 30.0 Å². The number of nitrogens with zero attached hydrogens (tertiary/aromatic N) is 1. The molecule has 1 aliphatic rings. The number of anilines is 1. The molecule has 0 spiro atoms. The van der Waals surface area contributed by atoms with Crippen LogP contribution in [-0.4, -0.2) is 40.8 Å². The second-order valence-corrected chi connectivity index (χ2v) is 7.29. The molecular formula is C23H25N3O5. The Kier molecular flexibility index (Phi) is 6.69. The van der Waals surface area contributed by atoms with Crippen molar-refractivity contribution in [3.8, 4) is 0 Å². The van der Waals surface area contributed by atoms with Crippen molar-refractivity contribution < 1.29 is 23.9 Å². The van der Waals surface area contributed by atoms with Crippen molar-refractivity contribution in [3.05, 3.63) is 65.7 Å². The molecule has 0 aromatic heterocycles. The van der Waals surface area contributed by atoms with Crippen LogP contribution in [-0.2, 0) is 20.9 Å². The zero-order valence-corrected chi connectivity index (χ0v) is 17.5. The second kappa shape index (κ2) is 9.42. The number of benzene rings is 2. The predicted octanol–water partition coefficient (Wildman–Crippen LogP) is 3.09. The highest BCUT2D eigenvalue weighted by atomic mass is 16.5. The Hall–Kier alpha value is -3.68. The van der Waals surface area contributed by atoms with E-state index in [1.54, 1.807) is 36.4 Å². The van der Waals surface area contributed by atoms with Crippen LogP contribution in [0, 0.1) is 0 Å². The van der Waals surface area contributed by atoms with Crippen molar-refractivity contribution in [2.24, 2.45) is 0 Å². The third-order valence-electron chi connectivity index (χ3n) is 5.39. The molecule has 0 unspecified atom stereocenters. The van der Waals surface area contributed by atoms with E-state index >= 15 is 0 Å². The molecule has 1 heterocycles. The maximum atomic E-state index is 12.5. The summed E-state index contributed by atoms with van der Waals surface area (Å²) in [4.78, 5) is 50.0. The highest BCUT2D eigenvalue weighted by molar-refractivity contribution is 6.08. The molecule has 0 aliphatic carbocycles. The lowest BCUT2D eigenvalue weighted by Crippen LogP contribution is -2.46. The molecule has 1 aliphatic heterocycles. The minimum atomic E-state index is -0.951. The van der Waals surface area contributed by atoms with E-state index in [0.717, 1.165) is 4.90 Å². The maximum Gasteiger partial charge on any atom is 0.326 e. The first-order chi connectivity index (χ1) is 14.9. The van der Waals surface area contributed by atoms with Gasteiger partial charge in [-0.25, -0.2) is 4.79 Å². The highest BCUT2D eigenvalue weighted by Gasteiger charge is 2.49. The van der Waals surface area contributed by atoms with Gasteiger partial charge in [-0.1, -0.05) is 44.2 Å². The quantitative estimate of drug-likeness (QED) is 0.501. The van der Waals surface area contributed by atoms with Gasteiger partial charge >= 0.3 is 12.0 Å². The zero-order chi connectivity index (χ0) is 22.4. The molecule has 3 rings (SSSR count). The standard InChI is InChI=1S/C23H25N3O5/c1-3-23(4-2)21(29)26(22(30)25-23)14-19(27)31-15-16-10-12-17(13-11-16)20(28)24-18-8-6-5-7-9-18/h5-13H,3-4,14-15H2,1-2H3,(H,24,28)(H,25,30). The molecule has 0 bridgehead atoms. The fraction of sp³-hybridized carbons (Fsp3) is 0.304. The van der Waals surface area contributed by atoms with Crippen LogP contribution in [0.25, 0.3) is 0 Å². The average Bonchev–Trinajstić information content (AvgIpc) is 3.03. The number of para-hydroxylation sites is 1. The monoisotopic (exact) mass is 423 g/mol. The predicted molar refractivity (Wildman–Crippen MR) is 114 cm³/mol. The molecular weight excluding hydrogens is 398 g/mol. The Morgan fingerprint density at radius 2 is 1.65 bits per heavy atom. The van der Waals surface area contributed by atoms with Crippen molar-refractivity contribution in [1.29, 1.82) is 0 Å². The molecule has 1 fully saturated rings. The van der Waals surface area contributed by atoms with Crippen LogP contribution < -0.4 is 10.6 Å². The van der Waals surface area contributed by atoms with E-state index in [2.05, 4.69) is 10.6 Å². The van der Waals surface area contributed by atoms with E-state index in [0.29, 0.717) is 29.7 Å². The number of carbonyl (C=O) groups is 4. The molecule has 8 heteroatoms. The van der Waals surface area contributed by atoms with Gasteiger partial charge in [0.1, 0.15) is 18.7 Å². The maximum absolute atomic E-state index is 12.5. The van der Waals surface area contributed by atoms with Crippen LogP contribution in [0.4, 0.5) is 10.5 Å². The Morgan fingerprint density at radius 1 is 1.00 bits per heavy atom.